The van der Waals surface area contributed by atoms with Crippen LogP contribution in [0.3, 0.4) is 0 Å². The summed E-state index contributed by atoms with van der Waals surface area (Å²) in [6, 6.07) is 10.8. The lowest BCUT2D eigenvalue weighted by molar-refractivity contribution is -0.143. The van der Waals surface area contributed by atoms with E-state index in [9.17, 15) is 9.90 Å². The van der Waals surface area contributed by atoms with Gasteiger partial charge in [-0.3, -0.25) is 4.79 Å². The van der Waals surface area contributed by atoms with Crippen molar-refractivity contribution >= 4 is 29.2 Å². The zero-order valence-corrected chi connectivity index (χ0v) is 17.9. The highest BCUT2D eigenvalue weighted by molar-refractivity contribution is 6.31. The highest BCUT2D eigenvalue weighted by Crippen LogP contribution is 2.41. The molecular weight excluding hydrogens is 429 g/mol. The van der Waals surface area contributed by atoms with E-state index >= 15 is 0 Å². The summed E-state index contributed by atoms with van der Waals surface area (Å²) in [5, 5.41) is 10.5. The van der Waals surface area contributed by atoms with Gasteiger partial charge in [0.05, 0.1) is 12.5 Å². The maximum Gasteiger partial charge on any atom is 0.307 e. The van der Waals surface area contributed by atoms with Crippen LogP contribution in [0.25, 0.3) is 0 Å². The number of carboxylic acid groups (broad SMARTS) is 1. The summed E-state index contributed by atoms with van der Waals surface area (Å²) in [4.78, 5) is 13.5. The average Bonchev–Trinajstić information content (AvgIpc) is 2.72. The molecule has 0 bridgehead atoms. The summed E-state index contributed by atoms with van der Waals surface area (Å²) >= 11 is 12.5. The number of aliphatic carboxylic acids is 1. The fourth-order valence-corrected chi connectivity index (χ4v) is 4.34. The molecular formula is C22H23Cl2NO5. The van der Waals surface area contributed by atoms with Crippen LogP contribution in [-0.4, -0.2) is 49.0 Å². The van der Waals surface area contributed by atoms with Crippen LogP contribution in [-0.2, 0) is 9.53 Å². The van der Waals surface area contributed by atoms with Crippen molar-refractivity contribution in [2.24, 2.45) is 5.92 Å². The fraction of sp³-hybridized carbons (Fsp3) is 0.409. The first-order valence-corrected chi connectivity index (χ1v) is 10.7. The lowest BCUT2D eigenvalue weighted by atomic mass is 9.98. The number of nitrogens with zero attached hydrogens (tertiary/aromatic N) is 1. The van der Waals surface area contributed by atoms with Gasteiger partial charge in [-0.05, 0) is 55.8 Å². The van der Waals surface area contributed by atoms with Crippen molar-refractivity contribution in [2.75, 3.05) is 33.0 Å². The molecule has 0 spiro atoms. The number of carbonyl (C=O) groups is 1. The first-order valence-electron chi connectivity index (χ1n) is 9.92. The molecule has 0 saturated carbocycles. The second-order valence-electron chi connectivity index (χ2n) is 7.50. The number of halogens is 2. The third-order valence-corrected chi connectivity index (χ3v) is 5.95. The first-order chi connectivity index (χ1) is 14.5. The van der Waals surface area contributed by atoms with E-state index < -0.39 is 12.1 Å². The number of likely N-dealkylation sites (tertiary alicyclic amines) is 1. The normalized spacial score (nSPS) is 19.6. The molecule has 1 saturated heterocycles. The van der Waals surface area contributed by atoms with Gasteiger partial charge in [0, 0.05) is 34.3 Å². The van der Waals surface area contributed by atoms with E-state index in [1.807, 2.05) is 12.1 Å². The topological polar surface area (TPSA) is 68.2 Å². The number of fused-ring (bicyclic) bond motifs is 2. The van der Waals surface area contributed by atoms with Crippen LogP contribution in [0.4, 0.5) is 0 Å². The van der Waals surface area contributed by atoms with Crippen LogP contribution in [0.5, 0.6) is 11.5 Å². The van der Waals surface area contributed by atoms with Crippen molar-refractivity contribution in [1.82, 2.24) is 4.90 Å². The minimum Gasteiger partial charge on any atom is -0.481 e. The Morgan fingerprint density at radius 2 is 1.73 bits per heavy atom. The van der Waals surface area contributed by atoms with Gasteiger partial charge < -0.3 is 24.2 Å². The van der Waals surface area contributed by atoms with Crippen molar-refractivity contribution in [1.29, 1.82) is 0 Å². The second-order valence-corrected chi connectivity index (χ2v) is 8.37. The Kier molecular flexibility index (Phi) is 6.68. The number of carboxylic acids is 1. The van der Waals surface area contributed by atoms with E-state index in [2.05, 4.69) is 4.90 Å². The first kappa shape index (κ1) is 21.2. The predicted molar refractivity (Wildman–Crippen MR) is 114 cm³/mol. The van der Waals surface area contributed by atoms with Gasteiger partial charge in [0.15, 0.2) is 0 Å². The van der Waals surface area contributed by atoms with E-state index in [0.29, 0.717) is 41.2 Å². The molecule has 0 aromatic heterocycles. The number of hydrogen-bond donors (Lipinski definition) is 1. The monoisotopic (exact) mass is 451 g/mol. The molecule has 8 heteroatoms. The molecule has 2 aromatic carbocycles. The smallest absolute Gasteiger partial charge is 0.307 e. The van der Waals surface area contributed by atoms with Crippen molar-refractivity contribution in [3.05, 3.63) is 57.6 Å². The molecule has 4 rings (SSSR count). The van der Waals surface area contributed by atoms with Crippen LogP contribution in [0.2, 0.25) is 10.0 Å². The molecule has 1 N–H and O–H groups in total. The van der Waals surface area contributed by atoms with Gasteiger partial charge in [-0.2, -0.15) is 0 Å². The summed E-state index contributed by atoms with van der Waals surface area (Å²) < 4.78 is 17.8. The molecule has 2 aromatic rings. The fourth-order valence-electron chi connectivity index (χ4n) is 3.97. The Morgan fingerprint density at radius 1 is 1.10 bits per heavy atom. The van der Waals surface area contributed by atoms with Crippen LogP contribution < -0.4 is 9.47 Å². The highest BCUT2D eigenvalue weighted by Gasteiger charge is 2.28. The molecule has 160 valence electrons. The number of benzene rings is 2. The minimum absolute atomic E-state index is 0.0698. The second kappa shape index (κ2) is 9.43. The molecule has 0 aliphatic carbocycles. The van der Waals surface area contributed by atoms with Crippen molar-refractivity contribution < 1.29 is 24.1 Å². The Hall–Kier alpha value is -1.99. The van der Waals surface area contributed by atoms with E-state index in [-0.39, 0.29) is 12.7 Å². The Morgan fingerprint density at radius 3 is 2.33 bits per heavy atom. The Bertz CT molecular complexity index is 869. The number of hydrogen-bond acceptors (Lipinski definition) is 5. The van der Waals surface area contributed by atoms with Gasteiger partial charge in [0.1, 0.15) is 17.6 Å². The predicted octanol–water partition coefficient (Wildman–Crippen LogP) is 4.62. The molecule has 1 fully saturated rings. The Balaban J connectivity index is 1.56. The van der Waals surface area contributed by atoms with Gasteiger partial charge >= 0.3 is 5.97 Å². The van der Waals surface area contributed by atoms with Crippen LogP contribution >= 0.6 is 23.2 Å². The van der Waals surface area contributed by atoms with Gasteiger partial charge in [-0.15, -0.1) is 0 Å². The molecule has 2 aliphatic heterocycles. The number of piperidine rings is 1. The van der Waals surface area contributed by atoms with E-state index in [4.69, 9.17) is 37.4 Å². The van der Waals surface area contributed by atoms with Crippen molar-refractivity contribution in [3.63, 3.8) is 0 Å². The molecule has 6 nitrogen and oxygen atoms in total. The molecule has 0 radical (unpaired) electrons. The maximum atomic E-state index is 11.3. The van der Waals surface area contributed by atoms with E-state index in [1.54, 1.807) is 24.3 Å². The number of ether oxygens (including phenoxy) is 3. The van der Waals surface area contributed by atoms with Gasteiger partial charge in [-0.1, -0.05) is 23.2 Å². The molecule has 0 amide bonds. The van der Waals surface area contributed by atoms with Crippen LogP contribution in [0.15, 0.2) is 36.4 Å². The third-order valence-electron chi connectivity index (χ3n) is 5.48. The summed E-state index contributed by atoms with van der Waals surface area (Å²) in [6.07, 6.45) is 1.12. The van der Waals surface area contributed by atoms with Gasteiger partial charge in [0.25, 0.3) is 0 Å². The average molecular weight is 452 g/mol. The highest BCUT2D eigenvalue weighted by atomic mass is 35.5. The summed E-state index contributed by atoms with van der Waals surface area (Å²) in [6.45, 7) is 2.53. The third kappa shape index (κ3) is 4.83. The van der Waals surface area contributed by atoms with E-state index in [0.717, 1.165) is 30.5 Å². The SMILES string of the molecule is O=C(O)[C@@H]1CCCN(CCOC2c3cc(Cl)ccc3OCOc3ccc(Cl)cc32)C1. The largest absolute Gasteiger partial charge is 0.481 e. The van der Waals surface area contributed by atoms with E-state index in [1.165, 1.54) is 0 Å². The van der Waals surface area contributed by atoms with Crippen molar-refractivity contribution in [3.8, 4) is 11.5 Å². The van der Waals surface area contributed by atoms with Crippen LogP contribution in [0, 0.1) is 5.92 Å². The molecule has 2 heterocycles. The summed E-state index contributed by atoms with van der Waals surface area (Å²) in [5.41, 5.74) is 1.60. The molecule has 0 unspecified atom stereocenters. The summed E-state index contributed by atoms with van der Waals surface area (Å²) in [7, 11) is 0. The standard InChI is InChI=1S/C22H23Cl2NO5/c23-15-3-5-19-17(10-15)21(18-11-16(24)4-6-20(18)30-13-29-19)28-9-8-25-7-1-2-14(12-25)22(26)27/h3-6,10-11,14,21H,1-2,7-9,12-13H2,(H,26,27)/t14-/m1/s1. The zero-order chi connectivity index (χ0) is 21.1. The quantitative estimate of drug-likeness (QED) is 0.714. The maximum absolute atomic E-state index is 11.3. The molecule has 2 aliphatic rings. The molecule has 30 heavy (non-hydrogen) atoms. The minimum atomic E-state index is -0.734. The van der Waals surface area contributed by atoms with Gasteiger partial charge in [-0.25, -0.2) is 0 Å². The molecule has 1 atom stereocenters. The lowest BCUT2D eigenvalue weighted by Gasteiger charge is -2.31. The summed E-state index contributed by atoms with van der Waals surface area (Å²) in [5.74, 6) is 0.223. The lowest BCUT2D eigenvalue weighted by Crippen LogP contribution is -2.40. The number of rotatable bonds is 5. The van der Waals surface area contributed by atoms with Gasteiger partial charge in [0.2, 0.25) is 6.79 Å². The van der Waals surface area contributed by atoms with Crippen molar-refractivity contribution in [2.45, 2.75) is 18.9 Å². The zero-order valence-electron chi connectivity index (χ0n) is 16.4. The Labute approximate surface area is 185 Å². The van der Waals surface area contributed by atoms with Crippen LogP contribution in [0.1, 0.15) is 30.1 Å².